The topological polar surface area (TPSA) is 66.9 Å². The molecular formula is C14H18N4O. The molecule has 0 fully saturated rings. The van der Waals surface area contributed by atoms with Crippen molar-refractivity contribution in [3.63, 3.8) is 0 Å². The second-order valence-electron chi connectivity index (χ2n) is 4.28. The third kappa shape index (κ3) is 3.40. The Kier molecular flexibility index (Phi) is 4.28. The Hall–Kier alpha value is -2.17. The van der Waals surface area contributed by atoms with Gasteiger partial charge in [-0.25, -0.2) is 9.97 Å². The molecule has 0 aliphatic carbocycles. The Labute approximate surface area is 112 Å². The smallest absolute Gasteiger partial charge is 0.221 e. The first-order valence-corrected chi connectivity index (χ1v) is 6.44. The second kappa shape index (κ2) is 6.13. The average Bonchev–Trinajstić information content (AvgIpc) is 2.39. The van der Waals surface area contributed by atoms with Crippen molar-refractivity contribution in [1.29, 1.82) is 0 Å². The van der Waals surface area contributed by atoms with Crippen LogP contribution in [0.3, 0.4) is 0 Å². The van der Waals surface area contributed by atoms with Gasteiger partial charge < -0.3 is 10.6 Å². The summed E-state index contributed by atoms with van der Waals surface area (Å²) in [6.45, 7) is 5.03. The van der Waals surface area contributed by atoms with E-state index in [9.17, 15) is 4.79 Å². The number of fused-ring (bicyclic) bond motifs is 1. The molecule has 1 aromatic carbocycles. The number of hydrogen-bond donors (Lipinski definition) is 2. The van der Waals surface area contributed by atoms with Gasteiger partial charge in [0, 0.05) is 19.5 Å². The van der Waals surface area contributed by atoms with Crippen molar-refractivity contribution >= 4 is 22.8 Å². The fraction of sp³-hybridized carbons (Fsp3) is 0.357. The molecule has 0 bridgehead atoms. The van der Waals surface area contributed by atoms with Crippen LogP contribution < -0.4 is 10.6 Å². The summed E-state index contributed by atoms with van der Waals surface area (Å²) in [5.41, 5.74) is 2.58. The highest BCUT2D eigenvalue weighted by Crippen LogP contribution is 2.15. The zero-order valence-electron chi connectivity index (χ0n) is 11.2. The van der Waals surface area contributed by atoms with Crippen molar-refractivity contribution in [2.45, 2.75) is 20.3 Å². The zero-order valence-corrected chi connectivity index (χ0v) is 11.2. The van der Waals surface area contributed by atoms with E-state index in [1.54, 1.807) is 0 Å². The molecule has 0 radical (unpaired) electrons. The van der Waals surface area contributed by atoms with E-state index in [4.69, 9.17) is 0 Å². The zero-order chi connectivity index (χ0) is 13.7. The molecule has 1 amide bonds. The molecule has 0 aliphatic rings. The summed E-state index contributed by atoms with van der Waals surface area (Å²) in [6, 6.07) is 7.74. The largest absolute Gasteiger partial charge is 0.368 e. The van der Waals surface area contributed by atoms with Crippen LogP contribution in [0.5, 0.6) is 0 Å². The average molecular weight is 258 g/mol. The number of para-hydroxylation sites is 2. The molecule has 0 atom stereocenters. The molecule has 0 spiro atoms. The number of hydrogen-bond acceptors (Lipinski definition) is 4. The highest BCUT2D eigenvalue weighted by atomic mass is 16.1. The van der Waals surface area contributed by atoms with Crippen molar-refractivity contribution in [2.75, 3.05) is 18.4 Å². The molecule has 100 valence electrons. The summed E-state index contributed by atoms with van der Waals surface area (Å²) in [7, 11) is 0. The van der Waals surface area contributed by atoms with Gasteiger partial charge >= 0.3 is 0 Å². The van der Waals surface area contributed by atoms with Crippen molar-refractivity contribution in [1.82, 2.24) is 15.3 Å². The van der Waals surface area contributed by atoms with Crippen LogP contribution in [-0.4, -0.2) is 29.0 Å². The maximum Gasteiger partial charge on any atom is 0.221 e. The normalized spacial score (nSPS) is 10.4. The molecule has 2 rings (SSSR count). The van der Waals surface area contributed by atoms with E-state index in [0.29, 0.717) is 19.5 Å². The van der Waals surface area contributed by atoms with Gasteiger partial charge in [-0.1, -0.05) is 12.1 Å². The SMILES string of the molecule is CCNC(=O)CCNc1nc2ccccc2nc1C. The lowest BCUT2D eigenvalue weighted by molar-refractivity contribution is -0.120. The van der Waals surface area contributed by atoms with Crippen molar-refractivity contribution in [3.05, 3.63) is 30.0 Å². The number of carbonyl (C=O) groups excluding carboxylic acids is 1. The third-order valence-electron chi connectivity index (χ3n) is 2.76. The number of nitrogens with one attached hydrogen (secondary N) is 2. The van der Waals surface area contributed by atoms with E-state index in [1.165, 1.54) is 0 Å². The van der Waals surface area contributed by atoms with Gasteiger partial charge in [0.2, 0.25) is 5.91 Å². The Morgan fingerprint density at radius 2 is 1.89 bits per heavy atom. The van der Waals surface area contributed by atoms with Crippen LogP contribution in [0.2, 0.25) is 0 Å². The summed E-state index contributed by atoms with van der Waals surface area (Å²) in [5, 5.41) is 5.92. The lowest BCUT2D eigenvalue weighted by atomic mass is 10.3. The number of amides is 1. The first kappa shape index (κ1) is 13.3. The number of aromatic nitrogens is 2. The molecule has 0 unspecified atom stereocenters. The summed E-state index contributed by atoms with van der Waals surface area (Å²) < 4.78 is 0. The van der Waals surface area contributed by atoms with Gasteiger partial charge in [0.1, 0.15) is 5.82 Å². The second-order valence-corrected chi connectivity index (χ2v) is 4.28. The van der Waals surface area contributed by atoms with Crippen LogP contribution in [0.4, 0.5) is 5.82 Å². The lowest BCUT2D eigenvalue weighted by Crippen LogP contribution is -2.25. The quantitative estimate of drug-likeness (QED) is 0.859. The number of nitrogens with zero attached hydrogens (tertiary/aromatic N) is 2. The fourth-order valence-electron chi connectivity index (χ4n) is 1.84. The summed E-state index contributed by atoms with van der Waals surface area (Å²) >= 11 is 0. The number of aryl methyl sites for hydroxylation is 1. The van der Waals surface area contributed by atoms with Crippen LogP contribution in [0.1, 0.15) is 19.0 Å². The predicted octanol–water partition coefficient (Wildman–Crippen LogP) is 1.88. The monoisotopic (exact) mass is 258 g/mol. The van der Waals surface area contributed by atoms with Crippen LogP contribution >= 0.6 is 0 Å². The Morgan fingerprint density at radius 1 is 1.21 bits per heavy atom. The number of rotatable bonds is 5. The van der Waals surface area contributed by atoms with Crippen molar-refractivity contribution in [2.24, 2.45) is 0 Å². The highest BCUT2D eigenvalue weighted by Gasteiger charge is 2.05. The molecule has 2 N–H and O–H groups in total. The molecule has 0 saturated heterocycles. The fourth-order valence-corrected chi connectivity index (χ4v) is 1.84. The molecule has 5 heteroatoms. The molecule has 5 nitrogen and oxygen atoms in total. The Bertz CT molecular complexity index is 583. The van der Waals surface area contributed by atoms with E-state index in [0.717, 1.165) is 22.5 Å². The molecular weight excluding hydrogens is 240 g/mol. The van der Waals surface area contributed by atoms with E-state index >= 15 is 0 Å². The van der Waals surface area contributed by atoms with Crippen molar-refractivity contribution < 1.29 is 4.79 Å². The van der Waals surface area contributed by atoms with E-state index in [2.05, 4.69) is 20.6 Å². The van der Waals surface area contributed by atoms with Gasteiger partial charge in [0.25, 0.3) is 0 Å². The molecule has 1 aromatic heterocycles. The van der Waals surface area contributed by atoms with Gasteiger partial charge in [-0.05, 0) is 26.0 Å². The first-order valence-electron chi connectivity index (χ1n) is 6.44. The van der Waals surface area contributed by atoms with E-state index in [-0.39, 0.29) is 5.91 Å². The summed E-state index contributed by atoms with van der Waals surface area (Å²) in [4.78, 5) is 20.3. The molecule has 0 aliphatic heterocycles. The van der Waals surface area contributed by atoms with Crippen LogP contribution in [0, 0.1) is 6.92 Å². The Morgan fingerprint density at radius 3 is 2.58 bits per heavy atom. The molecule has 19 heavy (non-hydrogen) atoms. The summed E-state index contributed by atoms with van der Waals surface area (Å²) in [6.07, 6.45) is 0.432. The number of anilines is 1. The predicted molar refractivity (Wildman–Crippen MR) is 76.1 cm³/mol. The standard InChI is InChI=1S/C14H18N4O/c1-3-15-13(19)8-9-16-14-10(2)17-11-6-4-5-7-12(11)18-14/h4-7H,3,8-9H2,1-2H3,(H,15,19)(H,16,18). The first-order chi connectivity index (χ1) is 9.20. The van der Waals surface area contributed by atoms with Crippen LogP contribution in [0.25, 0.3) is 11.0 Å². The Balaban J connectivity index is 2.04. The van der Waals surface area contributed by atoms with Crippen molar-refractivity contribution in [3.8, 4) is 0 Å². The van der Waals surface area contributed by atoms with Gasteiger partial charge in [0.05, 0.1) is 16.7 Å². The minimum atomic E-state index is 0.0430. The highest BCUT2D eigenvalue weighted by molar-refractivity contribution is 5.77. The molecule has 0 saturated carbocycles. The van der Waals surface area contributed by atoms with E-state index < -0.39 is 0 Å². The number of carbonyl (C=O) groups is 1. The third-order valence-corrected chi connectivity index (χ3v) is 2.76. The van der Waals surface area contributed by atoms with Crippen LogP contribution in [-0.2, 0) is 4.79 Å². The van der Waals surface area contributed by atoms with Gasteiger partial charge in [-0.3, -0.25) is 4.79 Å². The van der Waals surface area contributed by atoms with Gasteiger partial charge in [-0.15, -0.1) is 0 Å². The molecule has 2 aromatic rings. The van der Waals surface area contributed by atoms with Crippen LogP contribution in [0.15, 0.2) is 24.3 Å². The summed E-state index contributed by atoms with van der Waals surface area (Å²) in [5.74, 6) is 0.782. The maximum absolute atomic E-state index is 11.3. The van der Waals surface area contributed by atoms with E-state index in [1.807, 2.05) is 38.1 Å². The molecule has 1 heterocycles. The minimum absolute atomic E-state index is 0.0430. The van der Waals surface area contributed by atoms with Gasteiger partial charge in [-0.2, -0.15) is 0 Å². The number of benzene rings is 1. The van der Waals surface area contributed by atoms with Gasteiger partial charge in [0.15, 0.2) is 0 Å². The lowest BCUT2D eigenvalue weighted by Gasteiger charge is -2.09. The minimum Gasteiger partial charge on any atom is -0.368 e. The maximum atomic E-state index is 11.3.